The fourth-order valence-corrected chi connectivity index (χ4v) is 4.82. The third kappa shape index (κ3) is 2.59. The van der Waals surface area contributed by atoms with E-state index in [9.17, 15) is 4.79 Å². The number of likely N-dealkylation sites (N-methyl/N-ethyl adjacent to an activating group) is 1. The number of hydrogen-bond acceptors (Lipinski definition) is 3. The van der Waals surface area contributed by atoms with Crippen molar-refractivity contribution in [2.75, 3.05) is 32.5 Å². The third-order valence-electron chi connectivity index (χ3n) is 6.20. The average molecular weight is 359 g/mol. The van der Waals surface area contributed by atoms with Crippen LogP contribution in [0.5, 0.6) is 0 Å². The standard InChI is InChI=1S/C23H25N3O/c1-25-12-10-16-17(15-7-4-3-5-8-15)13-18-21(20-9-6-11-26(20)2)23(27)24-22(18)19(16)14-25/h3-5,7-8,13H,6,9-12,14H2,1-2H3,(H,24,27)/b21-20+. The van der Waals surface area contributed by atoms with Crippen LogP contribution in [0.15, 0.2) is 42.1 Å². The summed E-state index contributed by atoms with van der Waals surface area (Å²) in [7, 11) is 4.26. The molecule has 1 fully saturated rings. The van der Waals surface area contributed by atoms with Crippen LogP contribution < -0.4 is 5.32 Å². The van der Waals surface area contributed by atoms with Gasteiger partial charge in [0, 0.05) is 37.9 Å². The van der Waals surface area contributed by atoms with E-state index in [1.807, 2.05) is 0 Å². The first-order valence-corrected chi connectivity index (χ1v) is 9.82. The van der Waals surface area contributed by atoms with Gasteiger partial charge >= 0.3 is 0 Å². The number of hydrogen-bond donors (Lipinski definition) is 1. The van der Waals surface area contributed by atoms with Gasteiger partial charge in [-0.25, -0.2) is 0 Å². The Labute approximate surface area is 160 Å². The predicted molar refractivity (Wildman–Crippen MR) is 109 cm³/mol. The van der Waals surface area contributed by atoms with Crippen molar-refractivity contribution in [3.8, 4) is 11.1 Å². The highest BCUT2D eigenvalue weighted by atomic mass is 16.2. The number of rotatable bonds is 1. The maximum Gasteiger partial charge on any atom is 0.258 e. The Morgan fingerprint density at radius 3 is 2.52 bits per heavy atom. The Balaban J connectivity index is 1.78. The summed E-state index contributed by atoms with van der Waals surface area (Å²) < 4.78 is 0. The first kappa shape index (κ1) is 16.6. The molecule has 5 rings (SSSR count). The van der Waals surface area contributed by atoms with E-state index in [1.165, 1.54) is 28.0 Å². The maximum absolute atomic E-state index is 13.0. The van der Waals surface area contributed by atoms with E-state index in [1.54, 1.807) is 0 Å². The Morgan fingerprint density at radius 2 is 1.78 bits per heavy atom. The van der Waals surface area contributed by atoms with E-state index in [0.717, 1.165) is 55.7 Å². The molecule has 4 heteroatoms. The molecule has 0 bridgehead atoms. The number of nitrogens with one attached hydrogen (secondary N) is 1. The third-order valence-corrected chi connectivity index (χ3v) is 6.20. The van der Waals surface area contributed by atoms with E-state index < -0.39 is 0 Å². The molecule has 0 aliphatic carbocycles. The molecule has 0 saturated carbocycles. The zero-order chi connectivity index (χ0) is 18.5. The molecule has 4 nitrogen and oxygen atoms in total. The summed E-state index contributed by atoms with van der Waals surface area (Å²) in [4.78, 5) is 17.6. The number of nitrogens with zero attached hydrogens (tertiary/aromatic N) is 2. The molecule has 2 aromatic carbocycles. The highest BCUT2D eigenvalue weighted by Crippen LogP contribution is 2.45. The number of amides is 1. The predicted octanol–water partition coefficient (Wildman–Crippen LogP) is 3.73. The van der Waals surface area contributed by atoms with Crippen LogP contribution in [0, 0.1) is 0 Å². The van der Waals surface area contributed by atoms with E-state index in [4.69, 9.17) is 0 Å². The first-order valence-electron chi connectivity index (χ1n) is 9.82. The molecular formula is C23H25N3O. The molecule has 1 amide bonds. The summed E-state index contributed by atoms with van der Waals surface area (Å²) in [5, 5.41) is 3.22. The second-order valence-electron chi connectivity index (χ2n) is 7.96. The van der Waals surface area contributed by atoms with Gasteiger partial charge in [0.15, 0.2) is 0 Å². The molecule has 0 aromatic heterocycles. The molecule has 3 heterocycles. The molecular weight excluding hydrogens is 334 g/mol. The zero-order valence-corrected chi connectivity index (χ0v) is 16.0. The Kier molecular flexibility index (Phi) is 3.83. The maximum atomic E-state index is 13.0. The van der Waals surface area contributed by atoms with Crippen molar-refractivity contribution in [2.24, 2.45) is 0 Å². The van der Waals surface area contributed by atoms with Crippen molar-refractivity contribution in [1.82, 2.24) is 9.80 Å². The number of allylic oxidation sites excluding steroid dienone is 1. The average Bonchev–Trinajstić information content (AvgIpc) is 3.23. The smallest absolute Gasteiger partial charge is 0.258 e. The number of carbonyl (C=O) groups excluding carboxylic acids is 1. The summed E-state index contributed by atoms with van der Waals surface area (Å²) in [5.41, 5.74) is 9.43. The molecule has 3 aliphatic heterocycles. The summed E-state index contributed by atoms with van der Waals surface area (Å²) in [5.74, 6) is 0.0642. The van der Waals surface area contributed by atoms with Crippen LogP contribution in [-0.2, 0) is 17.8 Å². The molecule has 1 N–H and O–H groups in total. The number of anilines is 1. The van der Waals surface area contributed by atoms with Crippen molar-refractivity contribution in [1.29, 1.82) is 0 Å². The van der Waals surface area contributed by atoms with Gasteiger partial charge in [0.1, 0.15) is 0 Å². The van der Waals surface area contributed by atoms with Crippen LogP contribution in [0.4, 0.5) is 5.69 Å². The molecule has 2 aromatic rings. The quantitative estimate of drug-likeness (QED) is 0.788. The van der Waals surface area contributed by atoms with Crippen LogP contribution in [0.2, 0.25) is 0 Å². The Morgan fingerprint density at radius 1 is 0.963 bits per heavy atom. The second-order valence-corrected chi connectivity index (χ2v) is 7.96. The van der Waals surface area contributed by atoms with Crippen LogP contribution >= 0.6 is 0 Å². The monoisotopic (exact) mass is 359 g/mol. The van der Waals surface area contributed by atoms with E-state index in [-0.39, 0.29) is 5.91 Å². The number of carbonyl (C=O) groups is 1. The molecule has 0 radical (unpaired) electrons. The van der Waals surface area contributed by atoms with Crippen LogP contribution in [0.3, 0.4) is 0 Å². The van der Waals surface area contributed by atoms with Crippen LogP contribution in [0.25, 0.3) is 16.7 Å². The van der Waals surface area contributed by atoms with Crippen molar-refractivity contribution in [3.63, 3.8) is 0 Å². The van der Waals surface area contributed by atoms with Crippen molar-refractivity contribution in [2.45, 2.75) is 25.8 Å². The van der Waals surface area contributed by atoms with Gasteiger partial charge in [-0.05, 0) is 54.6 Å². The lowest BCUT2D eigenvalue weighted by Gasteiger charge is -2.29. The number of benzene rings is 2. The van der Waals surface area contributed by atoms with Gasteiger partial charge in [0.2, 0.25) is 0 Å². The number of fused-ring (bicyclic) bond motifs is 3. The zero-order valence-electron chi connectivity index (χ0n) is 16.0. The Bertz CT molecular complexity index is 961. The van der Waals surface area contributed by atoms with Crippen molar-refractivity contribution in [3.05, 3.63) is 58.8 Å². The minimum atomic E-state index is 0.0642. The molecule has 27 heavy (non-hydrogen) atoms. The van der Waals surface area contributed by atoms with Gasteiger partial charge in [0.05, 0.1) is 11.3 Å². The molecule has 3 aliphatic rings. The van der Waals surface area contributed by atoms with Gasteiger partial charge in [-0.2, -0.15) is 0 Å². The molecule has 0 unspecified atom stereocenters. The van der Waals surface area contributed by atoms with Gasteiger partial charge in [-0.3, -0.25) is 4.79 Å². The number of likely N-dealkylation sites (tertiary alicyclic amines) is 1. The fraction of sp³-hybridized carbons (Fsp3) is 0.348. The minimum absolute atomic E-state index is 0.0642. The lowest BCUT2D eigenvalue weighted by Crippen LogP contribution is -2.27. The van der Waals surface area contributed by atoms with Crippen molar-refractivity contribution < 1.29 is 4.79 Å². The van der Waals surface area contributed by atoms with Crippen LogP contribution in [-0.4, -0.2) is 42.9 Å². The molecule has 0 spiro atoms. The highest BCUT2D eigenvalue weighted by Gasteiger charge is 2.35. The topological polar surface area (TPSA) is 35.6 Å². The van der Waals surface area contributed by atoms with E-state index in [2.05, 4.69) is 65.6 Å². The largest absolute Gasteiger partial charge is 0.377 e. The minimum Gasteiger partial charge on any atom is -0.377 e. The van der Waals surface area contributed by atoms with Gasteiger partial charge in [0.25, 0.3) is 5.91 Å². The summed E-state index contributed by atoms with van der Waals surface area (Å²) in [6.45, 7) is 2.97. The van der Waals surface area contributed by atoms with Gasteiger partial charge in [-0.15, -0.1) is 0 Å². The van der Waals surface area contributed by atoms with Gasteiger partial charge in [-0.1, -0.05) is 30.3 Å². The molecule has 138 valence electrons. The van der Waals surface area contributed by atoms with Gasteiger partial charge < -0.3 is 15.1 Å². The van der Waals surface area contributed by atoms with Crippen molar-refractivity contribution >= 4 is 17.2 Å². The summed E-state index contributed by atoms with van der Waals surface area (Å²) in [6, 6.07) is 12.9. The Hall–Kier alpha value is -2.59. The SMILES string of the molecule is CN1CCc2c(-c3ccccc3)cc3c(c2C1)NC(=O)/C3=C1\CCCN1C. The summed E-state index contributed by atoms with van der Waals surface area (Å²) >= 11 is 0. The highest BCUT2D eigenvalue weighted by molar-refractivity contribution is 6.33. The van der Waals surface area contributed by atoms with Crippen LogP contribution in [0.1, 0.15) is 29.5 Å². The molecule has 0 atom stereocenters. The lowest BCUT2D eigenvalue weighted by atomic mass is 9.86. The summed E-state index contributed by atoms with van der Waals surface area (Å²) in [6.07, 6.45) is 3.12. The normalized spacial score (nSPS) is 22.0. The lowest BCUT2D eigenvalue weighted by molar-refractivity contribution is -0.110. The van der Waals surface area contributed by atoms with E-state index in [0.29, 0.717) is 0 Å². The first-order chi connectivity index (χ1) is 13.1. The van der Waals surface area contributed by atoms with E-state index >= 15 is 0 Å². The second kappa shape index (κ2) is 6.24. The fourth-order valence-electron chi connectivity index (χ4n) is 4.82. The molecule has 1 saturated heterocycles.